The van der Waals surface area contributed by atoms with Gasteiger partial charge in [0.15, 0.2) is 0 Å². The fourth-order valence-electron chi connectivity index (χ4n) is 8.71. The summed E-state index contributed by atoms with van der Waals surface area (Å²) in [5, 5.41) is 7.46. The second kappa shape index (κ2) is 12.6. The summed E-state index contributed by atoms with van der Waals surface area (Å²) >= 11 is 0. The standard InChI is InChI=1S/C52H35N3/c1-2-18-38(19-3-1)53(39-31-33-40(34-32-39)54-47-26-9-6-22-44(47)45-23-7-10-27-48(45)54)50-29-14-30-51-52(50)46-24-8-11-28-49(46)55(51)41-20-12-17-37(35-41)43-25-13-16-36-15-4-5-21-42(36)43/h1-35H. The minimum atomic E-state index is 1.10. The first kappa shape index (κ1) is 31.2. The number of fused-ring (bicyclic) bond motifs is 7. The first-order chi connectivity index (χ1) is 27.3. The van der Waals surface area contributed by atoms with Gasteiger partial charge in [-0.05, 0) is 101 Å². The van der Waals surface area contributed by atoms with E-state index in [1.54, 1.807) is 0 Å². The second-order valence-corrected chi connectivity index (χ2v) is 14.2. The summed E-state index contributed by atoms with van der Waals surface area (Å²) in [5.74, 6) is 0. The molecule has 0 N–H and O–H groups in total. The van der Waals surface area contributed by atoms with Gasteiger partial charge < -0.3 is 14.0 Å². The van der Waals surface area contributed by atoms with Crippen LogP contribution in [0.25, 0.3) is 76.9 Å². The summed E-state index contributed by atoms with van der Waals surface area (Å²) in [6.07, 6.45) is 0. The smallest absolute Gasteiger partial charge is 0.0562 e. The number of para-hydroxylation sites is 4. The monoisotopic (exact) mass is 701 g/mol. The number of hydrogen-bond donors (Lipinski definition) is 0. The summed E-state index contributed by atoms with van der Waals surface area (Å²) in [6, 6.07) is 76.9. The van der Waals surface area contributed by atoms with Gasteiger partial charge in [-0.1, -0.05) is 133 Å². The van der Waals surface area contributed by atoms with Crippen LogP contribution in [0.3, 0.4) is 0 Å². The zero-order valence-electron chi connectivity index (χ0n) is 30.0. The molecule has 0 amide bonds. The maximum absolute atomic E-state index is 2.43. The molecule has 0 bridgehead atoms. The summed E-state index contributed by atoms with van der Waals surface area (Å²) in [7, 11) is 0. The Kier molecular flexibility index (Phi) is 7.17. The second-order valence-electron chi connectivity index (χ2n) is 14.2. The molecule has 0 saturated carbocycles. The number of aromatic nitrogens is 2. The van der Waals surface area contributed by atoms with Gasteiger partial charge in [0.25, 0.3) is 0 Å². The Morgan fingerprint density at radius 1 is 0.327 bits per heavy atom. The molecule has 2 aromatic heterocycles. The van der Waals surface area contributed by atoms with E-state index >= 15 is 0 Å². The molecular formula is C52H35N3. The lowest BCUT2D eigenvalue weighted by atomic mass is 9.98. The van der Waals surface area contributed by atoms with Crippen molar-refractivity contribution in [2.75, 3.05) is 4.90 Å². The zero-order valence-corrected chi connectivity index (χ0v) is 30.0. The van der Waals surface area contributed by atoms with Crippen molar-refractivity contribution in [3.8, 4) is 22.5 Å². The van der Waals surface area contributed by atoms with Gasteiger partial charge in [0.2, 0.25) is 0 Å². The Morgan fingerprint density at radius 3 is 1.60 bits per heavy atom. The van der Waals surface area contributed by atoms with E-state index in [0.717, 1.165) is 34.0 Å². The highest BCUT2D eigenvalue weighted by molar-refractivity contribution is 6.17. The van der Waals surface area contributed by atoms with Gasteiger partial charge >= 0.3 is 0 Å². The molecule has 0 radical (unpaired) electrons. The molecule has 0 spiro atoms. The number of hydrogen-bond acceptors (Lipinski definition) is 1. The molecule has 0 atom stereocenters. The molecule has 55 heavy (non-hydrogen) atoms. The quantitative estimate of drug-likeness (QED) is 0.168. The lowest BCUT2D eigenvalue weighted by Crippen LogP contribution is -2.10. The molecule has 0 unspecified atom stereocenters. The van der Waals surface area contributed by atoms with Crippen LogP contribution >= 0.6 is 0 Å². The predicted molar refractivity (Wildman–Crippen MR) is 233 cm³/mol. The molecule has 2 heterocycles. The van der Waals surface area contributed by atoms with Gasteiger partial charge in [0.1, 0.15) is 0 Å². The number of rotatable bonds is 6. The molecule has 11 rings (SSSR count). The number of anilines is 3. The fourth-order valence-corrected chi connectivity index (χ4v) is 8.71. The van der Waals surface area contributed by atoms with Gasteiger partial charge in [-0.25, -0.2) is 0 Å². The van der Waals surface area contributed by atoms with Gasteiger partial charge in [-0.3, -0.25) is 0 Å². The van der Waals surface area contributed by atoms with Crippen molar-refractivity contribution in [1.29, 1.82) is 0 Å². The lowest BCUT2D eigenvalue weighted by molar-refractivity contribution is 1.17. The van der Waals surface area contributed by atoms with E-state index in [-0.39, 0.29) is 0 Å². The topological polar surface area (TPSA) is 13.1 Å². The van der Waals surface area contributed by atoms with Crippen LogP contribution in [-0.2, 0) is 0 Å². The van der Waals surface area contributed by atoms with Crippen LogP contribution in [0, 0.1) is 0 Å². The third-order valence-electron chi connectivity index (χ3n) is 11.1. The molecule has 258 valence electrons. The zero-order chi connectivity index (χ0) is 36.3. The van der Waals surface area contributed by atoms with Gasteiger partial charge in [-0.2, -0.15) is 0 Å². The van der Waals surface area contributed by atoms with E-state index < -0.39 is 0 Å². The van der Waals surface area contributed by atoms with Crippen molar-refractivity contribution in [2.45, 2.75) is 0 Å². The largest absolute Gasteiger partial charge is 0.310 e. The molecule has 3 nitrogen and oxygen atoms in total. The molecule has 0 saturated heterocycles. The SMILES string of the molecule is c1ccc(N(c2ccc(-n3c4ccccc4c4ccccc43)cc2)c2cccc3c2c2ccccc2n3-c2cccc(-c3cccc4ccccc34)c2)cc1. The molecule has 3 heteroatoms. The van der Waals surface area contributed by atoms with Gasteiger partial charge in [0.05, 0.1) is 27.8 Å². The Hall–Kier alpha value is -7.36. The summed E-state index contributed by atoms with van der Waals surface area (Å²) in [6.45, 7) is 0. The highest BCUT2D eigenvalue weighted by Crippen LogP contribution is 2.44. The molecule has 9 aromatic carbocycles. The van der Waals surface area contributed by atoms with Crippen LogP contribution in [0.5, 0.6) is 0 Å². The maximum atomic E-state index is 2.43. The van der Waals surface area contributed by atoms with Gasteiger partial charge in [0, 0.05) is 44.3 Å². The third kappa shape index (κ3) is 4.98. The minimum Gasteiger partial charge on any atom is -0.310 e. The van der Waals surface area contributed by atoms with Crippen molar-refractivity contribution >= 4 is 71.4 Å². The van der Waals surface area contributed by atoms with Crippen molar-refractivity contribution in [2.24, 2.45) is 0 Å². The molecule has 0 aliphatic heterocycles. The Balaban J connectivity index is 1.10. The first-order valence-corrected chi connectivity index (χ1v) is 18.9. The first-order valence-electron chi connectivity index (χ1n) is 18.9. The molecule has 0 aliphatic rings. The van der Waals surface area contributed by atoms with Crippen molar-refractivity contribution < 1.29 is 0 Å². The van der Waals surface area contributed by atoms with Gasteiger partial charge in [-0.15, -0.1) is 0 Å². The van der Waals surface area contributed by atoms with Crippen LogP contribution in [-0.4, -0.2) is 9.13 Å². The molecule has 0 fully saturated rings. The van der Waals surface area contributed by atoms with Crippen LogP contribution in [0.4, 0.5) is 17.1 Å². The maximum Gasteiger partial charge on any atom is 0.0562 e. The van der Waals surface area contributed by atoms with Crippen LogP contribution in [0.1, 0.15) is 0 Å². The van der Waals surface area contributed by atoms with E-state index in [2.05, 4.69) is 226 Å². The van der Waals surface area contributed by atoms with Crippen LogP contribution < -0.4 is 4.90 Å². The lowest BCUT2D eigenvalue weighted by Gasteiger charge is -2.27. The Labute approximate surface area is 319 Å². The summed E-state index contributed by atoms with van der Waals surface area (Å²) < 4.78 is 4.80. The summed E-state index contributed by atoms with van der Waals surface area (Å²) in [4.78, 5) is 2.40. The minimum absolute atomic E-state index is 1.10. The van der Waals surface area contributed by atoms with E-state index in [9.17, 15) is 0 Å². The normalized spacial score (nSPS) is 11.6. The van der Waals surface area contributed by atoms with E-state index in [1.165, 1.54) is 60.0 Å². The average Bonchev–Trinajstić information content (AvgIpc) is 3.78. The number of benzene rings is 9. The van der Waals surface area contributed by atoms with Crippen molar-refractivity contribution in [1.82, 2.24) is 9.13 Å². The Morgan fingerprint density at radius 2 is 0.855 bits per heavy atom. The van der Waals surface area contributed by atoms with Crippen molar-refractivity contribution in [3.05, 3.63) is 212 Å². The average molecular weight is 702 g/mol. The van der Waals surface area contributed by atoms with E-state index in [0.29, 0.717) is 0 Å². The Bertz CT molecular complexity index is 3150. The highest BCUT2D eigenvalue weighted by Gasteiger charge is 2.21. The summed E-state index contributed by atoms with van der Waals surface area (Å²) in [5.41, 5.74) is 12.8. The molecule has 11 aromatic rings. The highest BCUT2D eigenvalue weighted by atomic mass is 15.1. The van der Waals surface area contributed by atoms with Crippen LogP contribution in [0.2, 0.25) is 0 Å². The van der Waals surface area contributed by atoms with E-state index in [4.69, 9.17) is 0 Å². The third-order valence-corrected chi connectivity index (χ3v) is 11.1. The van der Waals surface area contributed by atoms with E-state index in [1.807, 2.05) is 0 Å². The van der Waals surface area contributed by atoms with Crippen molar-refractivity contribution in [3.63, 3.8) is 0 Å². The fraction of sp³-hybridized carbons (Fsp3) is 0. The number of nitrogens with zero attached hydrogens (tertiary/aromatic N) is 3. The van der Waals surface area contributed by atoms with Crippen LogP contribution in [0.15, 0.2) is 212 Å². The molecule has 0 aliphatic carbocycles. The molecular weight excluding hydrogens is 667 g/mol. The predicted octanol–water partition coefficient (Wildman–Crippen LogP) is 14.2.